The van der Waals surface area contributed by atoms with Gasteiger partial charge in [-0.25, -0.2) is 0 Å². The van der Waals surface area contributed by atoms with Crippen LogP contribution in [0.25, 0.3) is 0 Å². The molecule has 0 saturated carbocycles. The summed E-state index contributed by atoms with van der Waals surface area (Å²) in [4.78, 5) is 15.4. The Balaban J connectivity index is 1.82. The fourth-order valence-corrected chi connectivity index (χ4v) is 2.40. The molecule has 0 aromatic heterocycles. The molecule has 0 spiro atoms. The maximum atomic E-state index is 11.5. The number of likely N-dealkylation sites (N-methyl/N-ethyl adjacent to an activating group) is 1. The van der Waals surface area contributed by atoms with E-state index >= 15 is 0 Å². The second-order valence-electron chi connectivity index (χ2n) is 4.59. The molecule has 1 N–H and O–H groups in total. The van der Waals surface area contributed by atoms with Crippen LogP contribution < -0.4 is 5.32 Å². The minimum atomic E-state index is 0.213. The van der Waals surface area contributed by atoms with E-state index in [1.165, 1.54) is 6.42 Å². The molecule has 0 unspecified atom stereocenters. The number of rotatable bonds is 2. The second-order valence-corrected chi connectivity index (χ2v) is 4.59. The highest BCUT2D eigenvalue weighted by atomic mass is 16.2. The van der Waals surface area contributed by atoms with Crippen molar-refractivity contribution in [3.8, 4) is 0 Å². The molecule has 0 aromatic rings. The third-order valence-corrected chi connectivity index (χ3v) is 3.30. The largest absolute Gasteiger partial charge is 0.348 e. The van der Waals surface area contributed by atoms with Gasteiger partial charge >= 0.3 is 0 Å². The van der Waals surface area contributed by atoms with Gasteiger partial charge in [0.15, 0.2) is 0 Å². The predicted octanol–water partition coefficient (Wildman–Crippen LogP) is -0.632. The van der Waals surface area contributed by atoms with Gasteiger partial charge in [0.25, 0.3) is 0 Å². The number of amides is 1. The summed E-state index contributed by atoms with van der Waals surface area (Å²) in [5.41, 5.74) is 0. The minimum Gasteiger partial charge on any atom is -0.348 e. The molecule has 2 saturated heterocycles. The van der Waals surface area contributed by atoms with E-state index in [4.69, 9.17) is 0 Å². The molecule has 0 aliphatic carbocycles. The zero-order valence-corrected chi connectivity index (χ0v) is 8.99. The molecule has 80 valence electrons. The number of nitrogens with one attached hydrogen (secondary N) is 1. The Bertz CT molecular complexity index is 217. The molecule has 2 aliphatic rings. The van der Waals surface area contributed by atoms with Gasteiger partial charge in [-0.1, -0.05) is 0 Å². The van der Waals surface area contributed by atoms with Crippen LogP contribution in [0.15, 0.2) is 0 Å². The average Bonchev–Trinajstić information content (AvgIpc) is 2.63. The molecule has 2 aliphatic heterocycles. The van der Waals surface area contributed by atoms with E-state index in [2.05, 4.69) is 10.2 Å². The summed E-state index contributed by atoms with van der Waals surface area (Å²) >= 11 is 0. The van der Waals surface area contributed by atoms with Crippen molar-refractivity contribution in [2.75, 3.05) is 40.3 Å². The molecular weight excluding hydrogens is 178 g/mol. The molecule has 2 heterocycles. The van der Waals surface area contributed by atoms with Crippen LogP contribution in [-0.4, -0.2) is 62.0 Å². The van der Waals surface area contributed by atoms with Crippen molar-refractivity contribution >= 4 is 5.91 Å². The molecule has 4 nitrogen and oxygen atoms in total. The lowest BCUT2D eigenvalue weighted by atomic mass is 10.1. The summed E-state index contributed by atoms with van der Waals surface area (Å²) in [6, 6.07) is 0.643. The van der Waals surface area contributed by atoms with E-state index in [0.717, 1.165) is 25.6 Å². The zero-order valence-electron chi connectivity index (χ0n) is 8.99. The summed E-state index contributed by atoms with van der Waals surface area (Å²) in [7, 11) is 3.63. The van der Waals surface area contributed by atoms with Crippen LogP contribution in [-0.2, 0) is 4.79 Å². The van der Waals surface area contributed by atoms with Gasteiger partial charge in [-0.05, 0) is 18.9 Å². The maximum Gasteiger partial charge on any atom is 0.236 e. The molecular formula is C10H19N3O. The normalized spacial score (nSPS) is 31.9. The number of nitrogens with zero attached hydrogens (tertiary/aromatic N) is 2. The van der Waals surface area contributed by atoms with E-state index in [9.17, 15) is 4.79 Å². The SMILES string of the molecule is CN(C)C(=O)CN1C[C@@H]2CCN[C@@H]2C1. The van der Waals surface area contributed by atoms with Gasteiger partial charge in [0, 0.05) is 33.2 Å². The summed E-state index contributed by atoms with van der Waals surface area (Å²) in [5.74, 6) is 0.995. The number of hydrogen-bond acceptors (Lipinski definition) is 3. The third-order valence-electron chi connectivity index (χ3n) is 3.30. The fourth-order valence-electron chi connectivity index (χ4n) is 2.40. The first-order chi connectivity index (χ1) is 6.66. The van der Waals surface area contributed by atoms with E-state index in [1.54, 1.807) is 4.90 Å². The van der Waals surface area contributed by atoms with Crippen LogP contribution in [0.3, 0.4) is 0 Å². The highest BCUT2D eigenvalue weighted by molar-refractivity contribution is 5.77. The van der Waals surface area contributed by atoms with Crippen LogP contribution in [0.1, 0.15) is 6.42 Å². The molecule has 14 heavy (non-hydrogen) atoms. The van der Waals surface area contributed by atoms with Gasteiger partial charge in [0.1, 0.15) is 0 Å². The Morgan fingerprint density at radius 2 is 2.29 bits per heavy atom. The van der Waals surface area contributed by atoms with Gasteiger partial charge in [-0.2, -0.15) is 0 Å². The Hall–Kier alpha value is -0.610. The first-order valence-corrected chi connectivity index (χ1v) is 5.32. The van der Waals surface area contributed by atoms with Crippen molar-refractivity contribution in [1.82, 2.24) is 15.1 Å². The predicted molar refractivity (Wildman–Crippen MR) is 55.0 cm³/mol. The average molecular weight is 197 g/mol. The van der Waals surface area contributed by atoms with Gasteiger partial charge < -0.3 is 10.2 Å². The maximum absolute atomic E-state index is 11.5. The van der Waals surface area contributed by atoms with Gasteiger partial charge in [-0.15, -0.1) is 0 Å². The van der Waals surface area contributed by atoms with E-state index < -0.39 is 0 Å². The monoisotopic (exact) mass is 197 g/mol. The van der Waals surface area contributed by atoms with Crippen molar-refractivity contribution in [1.29, 1.82) is 0 Å². The number of fused-ring (bicyclic) bond motifs is 1. The minimum absolute atomic E-state index is 0.213. The van der Waals surface area contributed by atoms with E-state index in [0.29, 0.717) is 12.6 Å². The number of carbonyl (C=O) groups excluding carboxylic acids is 1. The van der Waals surface area contributed by atoms with Crippen LogP contribution in [0.2, 0.25) is 0 Å². The van der Waals surface area contributed by atoms with Gasteiger partial charge in [-0.3, -0.25) is 9.69 Å². The Labute approximate surface area is 85.2 Å². The van der Waals surface area contributed by atoms with Crippen LogP contribution >= 0.6 is 0 Å². The van der Waals surface area contributed by atoms with Crippen molar-refractivity contribution < 1.29 is 4.79 Å². The molecule has 2 fully saturated rings. The second kappa shape index (κ2) is 3.87. The van der Waals surface area contributed by atoms with Crippen molar-refractivity contribution in [3.05, 3.63) is 0 Å². The molecule has 0 aromatic carbocycles. The molecule has 1 amide bonds. The quantitative estimate of drug-likeness (QED) is 0.640. The molecule has 2 rings (SSSR count). The number of hydrogen-bond donors (Lipinski definition) is 1. The third kappa shape index (κ3) is 1.91. The lowest BCUT2D eigenvalue weighted by Gasteiger charge is -2.18. The van der Waals surface area contributed by atoms with E-state index in [1.807, 2.05) is 14.1 Å². The van der Waals surface area contributed by atoms with Gasteiger partial charge in [0.05, 0.1) is 6.54 Å². The number of likely N-dealkylation sites (tertiary alicyclic amines) is 1. The lowest BCUT2D eigenvalue weighted by molar-refractivity contribution is -0.129. The Morgan fingerprint density at radius 1 is 1.50 bits per heavy atom. The zero-order chi connectivity index (χ0) is 10.1. The van der Waals surface area contributed by atoms with Crippen molar-refractivity contribution in [2.24, 2.45) is 5.92 Å². The molecule has 4 heteroatoms. The lowest BCUT2D eigenvalue weighted by Crippen LogP contribution is -2.37. The van der Waals surface area contributed by atoms with Crippen LogP contribution in [0.4, 0.5) is 0 Å². The van der Waals surface area contributed by atoms with Crippen molar-refractivity contribution in [3.63, 3.8) is 0 Å². The highest BCUT2D eigenvalue weighted by Gasteiger charge is 2.36. The smallest absolute Gasteiger partial charge is 0.236 e. The van der Waals surface area contributed by atoms with Crippen molar-refractivity contribution in [2.45, 2.75) is 12.5 Å². The first-order valence-electron chi connectivity index (χ1n) is 5.32. The summed E-state index contributed by atoms with van der Waals surface area (Å²) in [6.45, 7) is 3.88. The summed E-state index contributed by atoms with van der Waals surface area (Å²) in [6.07, 6.45) is 1.28. The van der Waals surface area contributed by atoms with E-state index in [-0.39, 0.29) is 5.91 Å². The topological polar surface area (TPSA) is 35.6 Å². The summed E-state index contributed by atoms with van der Waals surface area (Å²) < 4.78 is 0. The molecule has 0 bridgehead atoms. The fraction of sp³-hybridized carbons (Fsp3) is 0.900. The summed E-state index contributed by atoms with van der Waals surface area (Å²) in [5, 5.41) is 3.48. The molecule has 2 atom stereocenters. The highest BCUT2D eigenvalue weighted by Crippen LogP contribution is 2.24. The Kier molecular flexibility index (Phi) is 2.74. The number of carbonyl (C=O) groups is 1. The Morgan fingerprint density at radius 3 is 2.93 bits per heavy atom. The van der Waals surface area contributed by atoms with Crippen LogP contribution in [0.5, 0.6) is 0 Å². The standard InChI is InChI=1S/C10H19N3O/c1-12(2)10(14)7-13-5-8-3-4-11-9(8)6-13/h8-9,11H,3-7H2,1-2H3/t8-,9+/m0/s1. The van der Waals surface area contributed by atoms with Gasteiger partial charge in [0.2, 0.25) is 5.91 Å². The van der Waals surface area contributed by atoms with Crippen LogP contribution in [0, 0.1) is 5.92 Å². The first kappa shape index (κ1) is 9.93. The molecule has 0 radical (unpaired) electrons.